The van der Waals surface area contributed by atoms with Crippen molar-refractivity contribution in [3.8, 4) is 0 Å². The molecule has 1 aromatic rings. The monoisotopic (exact) mass is 216 g/mol. The van der Waals surface area contributed by atoms with Gasteiger partial charge in [-0.1, -0.05) is 36.4 Å². The van der Waals surface area contributed by atoms with E-state index in [-0.39, 0.29) is 5.91 Å². The number of benzene rings is 1. The van der Waals surface area contributed by atoms with Gasteiger partial charge in [0.25, 0.3) is 0 Å². The first-order valence-electron chi connectivity index (χ1n) is 5.18. The van der Waals surface area contributed by atoms with Crippen LogP contribution in [0.3, 0.4) is 0 Å². The Bertz CT molecular complexity index is 419. The van der Waals surface area contributed by atoms with Gasteiger partial charge in [0.15, 0.2) is 0 Å². The predicted octanol–water partition coefficient (Wildman–Crippen LogP) is 2.60. The highest BCUT2D eigenvalue weighted by molar-refractivity contribution is 5.98. The van der Waals surface area contributed by atoms with Gasteiger partial charge >= 0.3 is 0 Å². The van der Waals surface area contributed by atoms with Gasteiger partial charge in [0, 0.05) is 6.92 Å². The molecule has 0 unspecified atom stereocenters. The van der Waals surface area contributed by atoms with Gasteiger partial charge in [-0.2, -0.15) is 0 Å². The summed E-state index contributed by atoms with van der Waals surface area (Å²) in [7, 11) is 0. The smallest absolute Gasteiger partial charge is 0.222 e. The van der Waals surface area contributed by atoms with Crippen molar-refractivity contribution < 1.29 is 4.79 Å². The molecule has 0 saturated carbocycles. The van der Waals surface area contributed by atoms with Crippen molar-refractivity contribution in [2.45, 2.75) is 20.8 Å². The largest absolute Gasteiger partial charge is 0.315 e. The fourth-order valence-corrected chi connectivity index (χ4v) is 1.37. The van der Waals surface area contributed by atoms with Gasteiger partial charge in [-0.15, -0.1) is 0 Å². The minimum Gasteiger partial charge on any atom is -0.315 e. The van der Waals surface area contributed by atoms with Gasteiger partial charge in [-0.25, -0.2) is 4.99 Å². The molecule has 0 aromatic heterocycles. The maximum Gasteiger partial charge on any atom is 0.222 e. The average molecular weight is 216 g/mol. The molecular formula is C13H16N2O. The Balaban J connectivity index is 2.90. The van der Waals surface area contributed by atoms with E-state index < -0.39 is 0 Å². The number of aliphatic imine (C=N–C) groups is 1. The Morgan fingerprint density at radius 3 is 2.38 bits per heavy atom. The molecule has 1 amide bonds. The van der Waals surface area contributed by atoms with Crippen LogP contribution in [0.4, 0.5) is 0 Å². The van der Waals surface area contributed by atoms with E-state index in [0.29, 0.717) is 5.84 Å². The molecule has 0 aliphatic carbocycles. The van der Waals surface area contributed by atoms with Crippen LogP contribution in [0.15, 0.2) is 41.4 Å². The lowest BCUT2D eigenvalue weighted by Crippen LogP contribution is -2.25. The van der Waals surface area contributed by atoms with Gasteiger partial charge in [0.2, 0.25) is 5.91 Å². The van der Waals surface area contributed by atoms with Crippen LogP contribution < -0.4 is 5.32 Å². The predicted molar refractivity (Wildman–Crippen MR) is 67.0 cm³/mol. The van der Waals surface area contributed by atoms with E-state index in [4.69, 9.17) is 0 Å². The second-order valence-corrected chi connectivity index (χ2v) is 3.42. The summed E-state index contributed by atoms with van der Waals surface area (Å²) in [6, 6.07) is 9.85. The SMILES string of the molecule is C/C=C(\N=C(C)NC(C)=O)c1ccccc1. The number of rotatable bonds is 2. The van der Waals surface area contributed by atoms with Crippen LogP contribution >= 0.6 is 0 Å². The van der Waals surface area contributed by atoms with E-state index in [1.54, 1.807) is 6.92 Å². The lowest BCUT2D eigenvalue weighted by atomic mass is 10.1. The third-order valence-corrected chi connectivity index (χ3v) is 1.99. The summed E-state index contributed by atoms with van der Waals surface area (Å²) in [4.78, 5) is 15.2. The number of carbonyl (C=O) groups excluding carboxylic acids is 1. The fourth-order valence-electron chi connectivity index (χ4n) is 1.37. The first-order valence-corrected chi connectivity index (χ1v) is 5.18. The maximum atomic E-state index is 10.8. The Labute approximate surface area is 95.9 Å². The minimum atomic E-state index is -0.107. The molecule has 0 heterocycles. The van der Waals surface area contributed by atoms with Crippen molar-refractivity contribution in [3.63, 3.8) is 0 Å². The highest BCUT2D eigenvalue weighted by Gasteiger charge is 1.99. The van der Waals surface area contributed by atoms with Crippen molar-refractivity contribution in [2.24, 2.45) is 4.99 Å². The molecule has 0 bridgehead atoms. The number of amides is 1. The maximum absolute atomic E-state index is 10.8. The molecule has 0 spiro atoms. The van der Waals surface area contributed by atoms with Gasteiger partial charge < -0.3 is 5.32 Å². The Morgan fingerprint density at radius 2 is 1.88 bits per heavy atom. The van der Waals surface area contributed by atoms with Crippen molar-refractivity contribution >= 4 is 17.4 Å². The molecular weight excluding hydrogens is 200 g/mol. The lowest BCUT2D eigenvalue weighted by molar-refractivity contribution is -0.117. The van der Waals surface area contributed by atoms with Crippen molar-refractivity contribution in [1.82, 2.24) is 5.32 Å². The van der Waals surface area contributed by atoms with Crippen LogP contribution in [-0.2, 0) is 4.79 Å². The number of allylic oxidation sites excluding steroid dienone is 1. The van der Waals surface area contributed by atoms with Gasteiger partial charge in [-0.3, -0.25) is 4.79 Å². The standard InChI is InChI=1S/C13H16N2O/c1-4-13(12-8-6-5-7-9-12)15-10(2)14-11(3)16/h4-9H,1-3H3,(H,14,15,16)/b13-4-. The van der Waals surface area contributed by atoms with Crippen molar-refractivity contribution in [2.75, 3.05) is 0 Å². The van der Waals surface area contributed by atoms with E-state index in [0.717, 1.165) is 11.3 Å². The van der Waals surface area contributed by atoms with E-state index in [1.165, 1.54) is 6.92 Å². The Kier molecular flexibility index (Phi) is 4.45. The summed E-state index contributed by atoms with van der Waals surface area (Å²) in [5.74, 6) is 0.495. The number of nitrogens with zero attached hydrogens (tertiary/aromatic N) is 1. The second-order valence-electron chi connectivity index (χ2n) is 3.42. The van der Waals surface area contributed by atoms with E-state index in [9.17, 15) is 4.79 Å². The molecule has 0 atom stereocenters. The van der Waals surface area contributed by atoms with Crippen LogP contribution in [0.1, 0.15) is 26.3 Å². The zero-order valence-corrected chi connectivity index (χ0v) is 9.82. The third kappa shape index (κ3) is 3.69. The number of amidine groups is 1. The van der Waals surface area contributed by atoms with Crippen molar-refractivity contribution in [3.05, 3.63) is 42.0 Å². The quantitative estimate of drug-likeness (QED) is 0.599. The lowest BCUT2D eigenvalue weighted by Gasteiger charge is -2.04. The van der Waals surface area contributed by atoms with Crippen LogP contribution in [-0.4, -0.2) is 11.7 Å². The average Bonchev–Trinajstić information content (AvgIpc) is 2.26. The Hall–Kier alpha value is -1.90. The molecule has 0 aliphatic heterocycles. The van der Waals surface area contributed by atoms with Crippen LogP contribution in [0.25, 0.3) is 5.70 Å². The first-order chi connectivity index (χ1) is 7.63. The molecule has 0 saturated heterocycles. The summed E-state index contributed by atoms with van der Waals surface area (Å²) in [5, 5.41) is 2.65. The molecule has 0 fully saturated rings. The highest BCUT2D eigenvalue weighted by atomic mass is 16.1. The summed E-state index contributed by atoms with van der Waals surface area (Å²) >= 11 is 0. The van der Waals surface area contributed by atoms with Crippen LogP contribution in [0, 0.1) is 0 Å². The zero-order valence-electron chi connectivity index (χ0n) is 9.82. The molecule has 0 radical (unpaired) electrons. The molecule has 3 nitrogen and oxygen atoms in total. The second kappa shape index (κ2) is 5.85. The summed E-state index contributed by atoms with van der Waals surface area (Å²) in [6.45, 7) is 5.16. The number of nitrogens with one attached hydrogen (secondary N) is 1. The number of hydrogen-bond acceptors (Lipinski definition) is 2. The van der Waals surface area contributed by atoms with E-state index in [2.05, 4.69) is 10.3 Å². The molecule has 1 aromatic carbocycles. The highest BCUT2D eigenvalue weighted by Crippen LogP contribution is 2.14. The summed E-state index contributed by atoms with van der Waals surface area (Å²) < 4.78 is 0. The summed E-state index contributed by atoms with van der Waals surface area (Å²) in [6.07, 6.45) is 1.92. The molecule has 1 N–H and O–H groups in total. The topological polar surface area (TPSA) is 41.5 Å². The van der Waals surface area contributed by atoms with Crippen molar-refractivity contribution in [1.29, 1.82) is 0 Å². The normalized spacial score (nSPS) is 12.4. The minimum absolute atomic E-state index is 0.107. The Morgan fingerprint density at radius 1 is 1.25 bits per heavy atom. The first kappa shape index (κ1) is 12.2. The van der Waals surface area contributed by atoms with Crippen LogP contribution in [0.2, 0.25) is 0 Å². The van der Waals surface area contributed by atoms with E-state index >= 15 is 0 Å². The fraction of sp³-hybridized carbons (Fsp3) is 0.231. The molecule has 1 rings (SSSR count). The van der Waals surface area contributed by atoms with Gasteiger partial charge in [0.05, 0.1) is 5.70 Å². The third-order valence-electron chi connectivity index (χ3n) is 1.99. The van der Waals surface area contributed by atoms with Gasteiger partial charge in [0.1, 0.15) is 5.84 Å². The van der Waals surface area contributed by atoms with Gasteiger partial charge in [-0.05, 0) is 19.4 Å². The van der Waals surface area contributed by atoms with Crippen LogP contribution in [0.5, 0.6) is 0 Å². The van der Waals surface area contributed by atoms with E-state index in [1.807, 2.05) is 43.3 Å². The molecule has 3 heteroatoms. The number of carbonyl (C=O) groups is 1. The summed E-state index contributed by atoms with van der Waals surface area (Å²) in [5.41, 5.74) is 1.89. The number of hydrogen-bond donors (Lipinski definition) is 1. The molecule has 0 aliphatic rings. The zero-order chi connectivity index (χ0) is 12.0. The molecule has 16 heavy (non-hydrogen) atoms. The molecule has 84 valence electrons.